The number of hydrogen-bond donors (Lipinski definition) is 1. The van der Waals surface area contributed by atoms with Crippen LogP contribution in [0, 0.1) is 6.92 Å². The molecule has 39 heavy (non-hydrogen) atoms. The van der Waals surface area contributed by atoms with Crippen LogP contribution in [0.5, 0.6) is 5.75 Å². The second kappa shape index (κ2) is 12.6. The zero-order chi connectivity index (χ0) is 27.8. The van der Waals surface area contributed by atoms with Gasteiger partial charge in [0.15, 0.2) is 0 Å². The van der Waals surface area contributed by atoms with Crippen molar-refractivity contribution in [2.24, 2.45) is 0 Å². The highest BCUT2D eigenvalue weighted by Gasteiger charge is 2.30. The van der Waals surface area contributed by atoms with Crippen molar-refractivity contribution in [3.8, 4) is 17.2 Å². The summed E-state index contributed by atoms with van der Waals surface area (Å²) in [5.74, 6) is 0.547. The summed E-state index contributed by atoms with van der Waals surface area (Å²) in [6.45, 7) is 2.77. The van der Waals surface area contributed by atoms with Crippen molar-refractivity contribution in [1.82, 2.24) is 4.98 Å². The molecule has 0 bridgehead atoms. The molecule has 3 aromatic carbocycles. The van der Waals surface area contributed by atoms with Crippen molar-refractivity contribution >= 4 is 5.97 Å². The summed E-state index contributed by atoms with van der Waals surface area (Å²) < 4.78 is 56.0. The number of aryl methyl sites for hydroxylation is 2. The Kier molecular flexibility index (Phi) is 9.03. The number of rotatable bonds is 12. The van der Waals surface area contributed by atoms with Gasteiger partial charge in [-0.2, -0.15) is 13.2 Å². The highest BCUT2D eigenvalue weighted by atomic mass is 19.4. The smallest absolute Gasteiger partial charge is 0.416 e. The third-order valence-corrected chi connectivity index (χ3v) is 6.11. The number of alkyl halides is 3. The molecule has 0 amide bonds. The Balaban J connectivity index is 1.38. The highest BCUT2D eigenvalue weighted by Crippen LogP contribution is 2.31. The molecule has 0 radical (unpaired) electrons. The number of carboxylic acids is 1. The molecule has 1 aromatic heterocycles. The first-order chi connectivity index (χ1) is 18.7. The maximum Gasteiger partial charge on any atom is 0.416 e. The lowest BCUT2D eigenvalue weighted by atomic mass is 10.0. The summed E-state index contributed by atoms with van der Waals surface area (Å²) >= 11 is 0. The van der Waals surface area contributed by atoms with E-state index < -0.39 is 17.7 Å². The summed E-state index contributed by atoms with van der Waals surface area (Å²) in [5.41, 5.74) is 3.14. The van der Waals surface area contributed by atoms with Crippen molar-refractivity contribution in [2.75, 3.05) is 6.61 Å². The van der Waals surface area contributed by atoms with E-state index in [-0.39, 0.29) is 12.3 Å². The van der Waals surface area contributed by atoms with E-state index in [1.165, 1.54) is 12.1 Å². The van der Waals surface area contributed by atoms with Gasteiger partial charge in [-0.25, -0.2) is 4.98 Å². The van der Waals surface area contributed by atoms with Crippen LogP contribution in [0.15, 0.2) is 77.2 Å². The van der Waals surface area contributed by atoms with Crippen LogP contribution in [0.2, 0.25) is 0 Å². The normalized spacial score (nSPS) is 11.5. The molecule has 1 N–H and O–H groups in total. The summed E-state index contributed by atoms with van der Waals surface area (Å²) in [6, 6.07) is 19.9. The molecule has 0 atom stereocenters. The van der Waals surface area contributed by atoms with Gasteiger partial charge in [-0.1, -0.05) is 36.4 Å². The van der Waals surface area contributed by atoms with Crippen LogP contribution in [0.4, 0.5) is 13.2 Å². The highest BCUT2D eigenvalue weighted by molar-refractivity contribution is 5.67. The van der Waals surface area contributed by atoms with Crippen molar-refractivity contribution in [1.29, 1.82) is 0 Å². The number of carbonyl (C=O) groups is 1. The zero-order valence-electron chi connectivity index (χ0n) is 21.3. The molecule has 4 aromatic rings. The monoisotopic (exact) mass is 539 g/mol. The van der Waals surface area contributed by atoms with Gasteiger partial charge in [-0.05, 0) is 66.4 Å². The number of nitrogens with zero attached hydrogens (tertiary/aromatic N) is 1. The van der Waals surface area contributed by atoms with Crippen LogP contribution in [0.3, 0.4) is 0 Å². The number of oxazole rings is 1. The van der Waals surface area contributed by atoms with Gasteiger partial charge >= 0.3 is 12.1 Å². The van der Waals surface area contributed by atoms with Crippen LogP contribution in [0.25, 0.3) is 11.5 Å². The molecule has 6 nitrogen and oxygen atoms in total. The number of aliphatic carboxylic acids is 1. The molecular weight excluding hydrogens is 511 g/mol. The lowest BCUT2D eigenvalue weighted by Gasteiger charge is -2.13. The Morgan fingerprint density at radius 3 is 2.38 bits per heavy atom. The number of carboxylic acid groups (broad SMARTS) is 1. The van der Waals surface area contributed by atoms with Gasteiger partial charge in [-0.15, -0.1) is 0 Å². The minimum Gasteiger partial charge on any atom is -0.493 e. The Labute approximate surface area is 224 Å². The average Bonchev–Trinajstić information content (AvgIpc) is 3.28. The molecule has 0 aliphatic rings. The van der Waals surface area contributed by atoms with Gasteiger partial charge < -0.3 is 19.0 Å². The number of ether oxygens (including phenoxy) is 2. The Hall–Kier alpha value is -4.11. The summed E-state index contributed by atoms with van der Waals surface area (Å²) in [4.78, 5) is 15.5. The molecule has 0 saturated carbocycles. The molecule has 0 fully saturated rings. The third kappa shape index (κ3) is 7.94. The second-order valence-electron chi connectivity index (χ2n) is 9.00. The van der Waals surface area contributed by atoms with E-state index in [1.807, 2.05) is 42.5 Å². The van der Waals surface area contributed by atoms with Gasteiger partial charge in [0.2, 0.25) is 5.89 Å². The minimum atomic E-state index is -4.41. The molecule has 4 rings (SSSR count). The summed E-state index contributed by atoms with van der Waals surface area (Å²) in [5, 5.41) is 9.10. The van der Waals surface area contributed by atoms with Crippen molar-refractivity contribution < 1.29 is 37.0 Å². The minimum absolute atomic E-state index is 0.0125. The molecule has 0 unspecified atom stereocenters. The van der Waals surface area contributed by atoms with Gasteiger partial charge in [0.1, 0.15) is 11.5 Å². The van der Waals surface area contributed by atoms with E-state index in [9.17, 15) is 18.0 Å². The Bertz CT molecular complexity index is 1380. The first-order valence-electron chi connectivity index (χ1n) is 12.4. The molecule has 0 aliphatic heterocycles. The van der Waals surface area contributed by atoms with E-state index >= 15 is 0 Å². The van der Waals surface area contributed by atoms with E-state index in [0.29, 0.717) is 55.4 Å². The fraction of sp³-hybridized carbons (Fsp3) is 0.267. The zero-order valence-corrected chi connectivity index (χ0v) is 21.3. The molecule has 204 valence electrons. The quantitative estimate of drug-likeness (QED) is 0.208. The molecule has 1 heterocycles. The van der Waals surface area contributed by atoms with Crippen LogP contribution < -0.4 is 4.74 Å². The maximum atomic E-state index is 12.8. The van der Waals surface area contributed by atoms with E-state index in [2.05, 4.69) is 4.98 Å². The largest absolute Gasteiger partial charge is 0.493 e. The lowest BCUT2D eigenvalue weighted by molar-refractivity contribution is -0.138. The van der Waals surface area contributed by atoms with Crippen molar-refractivity contribution in [3.05, 3.63) is 107 Å². The van der Waals surface area contributed by atoms with E-state index in [4.69, 9.17) is 19.0 Å². The van der Waals surface area contributed by atoms with Crippen LogP contribution >= 0.6 is 0 Å². The molecule has 0 aliphatic carbocycles. The lowest BCUT2D eigenvalue weighted by Crippen LogP contribution is -2.06. The van der Waals surface area contributed by atoms with Crippen LogP contribution in [-0.4, -0.2) is 22.7 Å². The van der Waals surface area contributed by atoms with E-state index in [1.54, 1.807) is 13.0 Å². The maximum absolute atomic E-state index is 12.8. The number of hydrogen-bond acceptors (Lipinski definition) is 5. The predicted molar refractivity (Wildman–Crippen MR) is 138 cm³/mol. The fourth-order valence-electron chi connectivity index (χ4n) is 4.02. The van der Waals surface area contributed by atoms with Crippen molar-refractivity contribution in [2.45, 2.75) is 45.6 Å². The number of benzene rings is 3. The van der Waals surface area contributed by atoms with Gasteiger partial charge in [0.05, 0.1) is 31.1 Å². The summed E-state index contributed by atoms with van der Waals surface area (Å²) in [7, 11) is 0. The number of aromatic nitrogens is 1. The Morgan fingerprint density at radius 2 is 1.69 bits per heavy atom. The van der Waals surface area contributed by atoms with Crippen LogP contribution in [-0.2, 0) is 41.8 Å². The molecule has 9 heteroatoms. The molecular formula is C30H28F3NO5. The van der Waals surface area contributed by atoms with E-state index in [0.717, 1.165) is 28.8 Å². The molecule has 0 spiro atoms. The second-order valence-corrected chi connectivity index (χ2v) is 9.00. The van der Waals surface area contributed by atoms with Crippen LogP contribution in [0.1, 0.15) is 40.1 Å². The molecule has 0 saturated heterocycles. The Morgan fingerprint density at radius 1 is 0.949 bits per heavy atom. The number of halogens is 3. The van der Waals surface area contributed by atoms with Gasteiger partial charge in [0.25, 0.3) is 0 Å². The predicted octanol–water partition coefficient (Wildman–Crippen LogP) is 7.02. The standard InChI is InChI=1S/C30H28F3NO5/c1-20-27(34-29(39-20)23-7-11-25(12-8-23)30(31,32)33)15-16-38-26-13-9-22(10-14-28(35)36)24(17-26)19-37-18-21-5-3-2-4-6-21/h2-9,11-13,17H,10,14-16,18-19H2,1H3,(H,35,36). The van der Waals surface area contributed by atoms with Crippen molar-refractivity contribution in [3.63, 3.8) is 0 Å². The average molecular weight is 540 g/mol. The first-order valence-corrected chi connectivity index (χ1v) is 12.4. The fourth-order valence-corrected chi connectivity index (χ4v) is 4.02. The summed E-state index contributed by atoms with van der Waals surface area (Å²) in [6.07, 6.45) is -3.59. The van der Waals surface area contributed by atoms with Gasteiger partial charge in [-0.3, -0.25) is 4.79 Å². The SMILES string of the molecule is Cc1oc(-c2ccc(C(F)(F)F)cc2)nc1CCOc1ccc(CCC(=O)O)c(COCc2ccccc2)c1. The van der Waals surface area contributed by atoms with Gasteiger partial charge in [0, 0.05) is 18.4 Å². The first kappa shape index (κ1) is 27.9. The third-order valence-electron chi connectivity index (χ3n) is 6.11. The topological polar surface area (TPSA) is 81.8 Å².